The summed E-state index contributed by atoms with van der Waals surface area (Å²) in [5.41, 5.74) is 5.03. The SMILES string of the molecule is S=C(Cc1ccc2c(c1)N(CCCOCc1ccccc1)c1ccccc1S2)N1CCOCC1. The molecule has 0 spiro atoms. The maximum atomic E-state index is 5.97. The third kappa shape index (κ3) is 5.63. The van der Waals surface area contributed by atoms with Gasteiger partial charge in [0.25, 0.3) is 0 Å². The number of para-hydroxylation sites is 1. The van der Waals surface area contributed by atoms with Crippen molar-refractivity contribution in [2.24, 2.45) is 0 Å². The maximum Gasteiger partial charge on any atom is 0.0825 e. The van der Waals surface area contributed by atoms with E-state index >= 15 is 0 Å². The third-order valence-corrected chi connectivity index (χ3v) is 7.72. The fraction of sp³-hybridized carbons (Fsp3) is 0.321. The molecule has 0 saturated carbocycles. The van der Waals surface area contributed by atoms with Crippen LogP contribution in [0.25, 0.3) is 0 Å². The number of anilines is 2. The minimum atomic E-state index is 0.660. The fourth-order valence-electron chi connectivity index (χ4n) is 4.41. The lowest BCUT2D eigenvalue weighted by molar-refractivity contribution is 0.0684. The molecule has 2 aliphatic rings. The first kappa shape index (κ1) is 23.4. The highest BCUT2D eigenvalue weighted by Crippen LogP contribution is 2.48. The van der Waals surface area contributed by atoms with E-state index in [4.69, 9.17) is 21.7 Å². The van der Waals surface area contributed by atoms with Gasteiger partial charge in [-0.1, -0.05) is 72.5 Å². The molecule has 6 heteroatoms. The Hall–Kier alpha value is -2.38. The molecule has 34 heavy (non-hydrogen) atoms. The predicted molar refractivity (Wildman–Crippen MR) is 143 cm³/mol. The standard InChI is InChI=1S/C28H30N2O2S2/c33-28(29-14-17-31-18-15-29)20-23-11-12-27-25(19-23)30(24-9-4-5-10-26(24)34-27)13-6-16-32-21-22-7-2-1-3-8-22/h1-5,7-12,19H,6,13-18,20-21H2. The first-order valence-electron chi connectivity index (χ1n) is 11.9. The molecule has 3 aromatic carbocycles. The Morgan fingerprint density at radius 1 is 0.882 bits per heavy atom. The summed E-state index contributed by atoms with van der Waals surface area (Å²) in [6, 6.07) is 25.9. The van der Waals surface area contributed by atoms with Crippen LogP contribution in [0.5, 0.6) is 0 Å². The van der Waals surface area contributed by atoms with E-state index in [-0.39, 0.29) is 0 Å². The van der Waals surface area contributed by atoms with Gasteiger partial charge in [0.05, 0.1) is 36.2 Å². The zero-order valence-electron chi connectivity index (χ0n) is 19.3. The second-order valence-corrected chi connectivity index (χ2v) is 10.1. The molecule has 1 fully saturated rings. The molecule has 0 N–H and O–H groups in total. The van der Waals surface area contributed by atoms with Gasteiger partial charge in [0.1, 0.15) is 0 Å². The molecule has 0 amide bonds. The van der Waals surface area contributed by atoms with Crippen molar-refractivity contribution < 1.29 is 9.47 Å². The zero-order chi connectivity index (χ0) is 23.2. The molecule has 0 aliphatic carbocycles. The number of rotatable bonds is 8. The Balaban J connectivity index is 1.27. The molecule has 0 unspecified atom stereocenters. The lowest BCUT2D eigenvalue weighted by Gasteiger charge is -2.33. The van der Waals surface area contributed by atoms with Crippen molar-refractivity contribution in [3.8, 4) is 0 Å². The lowest BCUT2D eigenvalue weighted by atomic mass is 10.1. The van der Waals surface area contributed by atoms with E-state index in [1.807, 2.05) is 17.8 Å². The predicted octanol–water partition coefficient (Wildman–Crippen LogP) is 6.10. The van der Waals surface area contributed by atoms with E-state index in [1.54, 1.807) is 0 Å². The topological polar surface area (TPSA) is 24.9 Å². The quantitative estimate of drug-likeness (QED) is 0.280. The van der Waals surface area contributed by atoms with Gasteiger partial charge >= 0.3 is 0 Å². The first-order valence-corrected chi connectivity index (χ1v) is 13.1. The Morgan fingerprint density at radius 3 is 2.50 bits per heavy atom. The van der Waals surface area contributed by atoms with Crippen LogP contribution in [0.4, 0.5) is 11.4 Å². The van der Waals surface area contributed by atoms with E-state index in [0.717, 1.165) is 57.3 Å². The summed E-state index contributed by atoms with van der Waals surface area (Å²) >= 11 is 7.63. The minimum absolute atomic E-state index is 0.660. The zero-order valence-corrected chi connectivity index (χ0v) is 21.0. The van der Waals surface area contributed by atoms with Gasteiger partial charge < -0.3 is 19.3 Å². The van der Waals surface area contributed by atoms with E-state index in [1.165, 1.54) is 32.3 Å². The van der Waals surface area contributed by atoms with Crippen molar-refractivity contribution in [1.29, 1.82) is 0 Å². The Bertz CT molecular complexity index is 1120. The van der Waals surface area contributed by atoms with Gasteiger partial charge in [-0.2, -0.15) is 0 Å². The maximum absolute atomic E-state index is 5.97. The molecular formula is C28H30N2O2S2. The van der Waals surface area contributed by atoms with Crippen molar-refractivity contribution >= 4 is 40.3 Å². The van der Waals surface area contributed by atoms with Crippen LogP contribution in [-0.2, 0) is 22.5 Å². The van der Waals surface area contributed by atoms with Gasteiger partial charge in [0.15, 0.2) is 0 Å². The van der Waals surface area contributed by atoms with Gasteiger partial charge in [-0.25, -0.2) is 0 Å². The summed E-state index contributed by atoms with van der Waals surface area (Å²) in [5, 5.41) is 0. The number of morpholine rings is 1. The van der Waals surface area contributed by atoms with Crippen molar-refractivity contribution in [3.05, 3.63) is 83.9 Å². The normalized spacial score (nSPS) is 15.1. The smallest absolute Gasteiger partial charge is 0.0825 e. The van der Waals surface area contributed by atoms with Crippen molar-refractivity contribution in [2.45, 2.75) is 29.2 Å². The summed E-state index contributed by atoms with van der Waals surface area (Å²) in [5.74, 6) is 0. The number of thiocarbonyl (C=S) groups is 1. The van der Waals surface area contributed by atoms with Crippen molar-refractivity contribution in [3.63, 3.8) is 0 Å². The summed E-state index contributed by atoms with van der Waals surface area (Å²) in [6.45, 7) is 5.61. The molecule has 5 rings (SSSR count). The van der Waals surface area contributed by atoms with Crippen molar-refractivity contribution in [1.82, 2.24) is 4.90 Å². The van der Waals surface area contributed by atoms with Crippen LogP contribution in [-0.4, -0.2) is 49.3 Å². The summed E-state index contributed by atoms with van der Waals surface area (Å²) < 4.78 is 11.4. The number of hydrogen-bond donors (Lipinski definition) is 0. The molecule has 1 saturated heterocycles. The highest BCUT2D eigenvalue weighted by molar-refractivity contribution is 7.99. The second-order valence-electron chi connectivity index (χ2n) is 8.59. The van der Waals surface area contributed by atoms with Crippen LogP contribution in [0.15, 0.2) is 82.6 Å². The highest BCUT2D eigenvalue weighted by atomic mass is 32.2. The average molecular weight is 491 g/mol. The van der Waals surface area contributed by atoms with E-state index in [9.17, 15) is 0 Å². The Morgan fingerprint density at radius 2 is 1.65 bits per heavy atom. The molecule has 4 nitrogen and oxygen atoms in total. The molecular weight excluding hydrogens is 460 g/mol. The van der Waals surface area contributed by atoms with Crippen LogP contribution in [0.1, 0.15) is 17.5 Å². The molecule has 0 atom stereocenters. The number of benzene rings is 3. The van der Waals surface area contributed by atoms with Gasteiger partial charge in [-0.3, -0.25) is 0 Å². The second kappa shape index (κ2) is 11.4. The summed E-state index contributed by atoms with van der Waals surface area (Å²) in [7, 11) is 0. The number of hydrogen-bond acceptors (Lipinski definition) is 5. The highest BCUT2D eigenvalue weighted by Gasteiger charge is 2.24. The fourth-order valence-corrected chi connectivity index (χ4v) is 5.84. The van der Waals surface area contributed by atoms with E-state index in [0.29, 0.717) is 6.61 Å². The van der Waals surface area contributed by atoms with E-state index < -0.39 is 0 Å². The summed E-state index contributed by atoms with van der Waals surface area (Å²) in [6.07, 6.45) is 1.75. The molecule has 176 valence electrons. The Kier molecular flexibility index (Phi) is 7.81. The van der Waals surface area contributed by atoms with Gasteiger partial charge in [-0.05, 0) is 41.8 Å². The number of nitrogens with zero attached hydrogens (tertiary/aromatic N) is 2. The van der Waals surface area contributed by atoms with Gasteiger partial charge in [0, 0.05) is 42.5 Å². The minimum Gasteiger partial charge on any atom is -0.378 e. The van der Waals surface area contributed by atoms with Crippen LogP contribution in [0.3, 0.4) is 0 Å². The monoisotopic (exact) mass is 490 g/mol. The molecule has 2 heterocycles. The largest absolute Gasteiger partial charge is 0.378 e. The van der Waals surface area contributed by atoms with E-state index in [2.05, 4.69) is 76.5 Å². The molecule has 0 radical (unpaired) electrons. The number of fused-ring (bicyclic) bond motifs is 2. The Labute approximate surface area is 211 Å². The lowest BCUT2D eigenvalue weighted by Crippen LogP contribution is -2.40. The molecule has 0 bridgehead atoms. The van der Waals surface area contributed by atoms with Crippen molar-refractivity contribution in [2.75, 3.05) is 44.4 Å². The average Bonchev–Trinajstić information content (AvgIpc) is 2.89. The first-order chi connectivity index (χ1) is 16.8. The molecule has 2 aliphatic heterocycles. The van der Waals surface area contributed by atoms with Crippen LogP contribution in [0.2, 0.25) is 0 Å². The van der Waals surface area contributed by atoms with Crippen LogP contribution < -0.4 is 4.90 Å². The third-order valence-electron chi connectivity index (χ3n) is 6.19. The van der Waals surface area contributed by atoms with Crippen LogP contribution >= 0.6 is 24.0 Å². The van der Waals surface area contributed by atoms with Gasteiger partial charge in [0.2, 0.25) is 0 Å². The van der Waals surface area contributed by atoms with Gasteiger partial charge in [-0.15, -0.1) is 0 Å². The number of ether oxygens (including phenoxy) is 2. The van der Waals surface area contributed by atoms with Crippen LogP contribution in [0, 0.1) is 0 Å². The molecule has 0 aromatic heterocycles. The summed E-state index contributed by atoms with van der Waals surface area (Å²) in [4.78, 5) is 8.34. The molecule has 3 aromatic rings.